The molecule has 3 aromatic rings. The maximum absolute atomic E-state index is 14.2. The molecule has 2 N–H and O–H groups in total. The van der Waals surface area contributed by atoms with Gasteiger partial charge in [-0.25, -0.2) is 9.37 Å². The predicted molar refractivity (Wildman–Crippen MR) is 108 cm³/mol. The van der Waals surface area contributed by atoms with Crippen molar-refractivity contribution in [1.82, 2.24) is 9.97 Å². The lowest BCUT2D eigenvalue weighted by molar-refractivity contribution is -0.0813. The van der Waals surface area contributed by atoms with E-state index in [1.54, 1.807) is 12.1 Å². The number of carbonyl (C=O) groups excluding carboxylic acids is 2. The standard InChI is InChI=1S/C20H14Cl2FN3O4/c21-13-2-3-14(22)18(23)17(13)19(27)10-5-15(24-6-10)20(28)26-11-1-4-16(25-7-11)30-12-8-29-9-12/h1-7,12,24H,8-9H2,(H,26,28). The molecule has 0 unspecified atom stereocenters. The quantitative estimate of drug-likeness (QED) is 0.436. The zero-order valence-corrected chi connectivity index (χ0v) is 16.8. The number of nitrogens with zero attached hydrogens (tertiary/aromatic N) is 1. The Hall–Kier alpha value is -2.94. The number of rotatable bonds is 6. The normalized spacial score (nSPS) is 13.6. The molecule has 0 spiro atoms. The van der Waals surface area contributed by atoms with Gasteiger partial charge in [-0.05, 0) is 24.3 Å². The third-order valence-electron chi connectivity index (χ3n) is 4.35. The number of ketones is 1. The number of aromatic amines is 1. The number of hydrogen-bond donors (Lipinski definition) is 2. The minimum absolute atomic E-state index is 0.00865. The fourth-order valence-corrected chi connectivity index (χ4v) is 3.10. The topological polar surface area (TPSA) is 93.3 Å². The maximum Gasteiger partial charge on any atom is 0.272 e. The van der Waals surface area contributed by atoms with E-state index in [2.05, 4.69) is 15.3 Å². The third kappa shape index (κ3) is 4.16. The first-order valence-corrected chi connectivity index (χ1v) is 9.56. The van der Waals surface area contributed by atoms with Crippen LogP contribution in [0.4, 0.5) is 10.1 Å². The lowest BCUT2D eigenvalue weighted by atomic mass is 10.0. The Labute approximate surface area is 180 Å². The number of ether oxygens (including phenoxy) is 2. The highest BCUT2D eigenvalue weighted by Crippen LogP contribution is 2.28. The highest BCUT2D eigenvalue weighted by atomic mass is 35.5. The van der Waals surface area contributed by atoms with E-state index in [0.717, 1.165) is 0 Å². The summed E-state index contributed by atoms with van der Waals surface area (Å²) in [7, 11) is 0. The molecule has 0 bridgehead atoms. The summed E-state index contributed by atoms with van der Waals surface area (Å²) in [6.07, 6.45) is 2.73. The second kappa shape index (κ2) is 8.43. The minimum Gasteiger partial charge on any atom is -0.469 e. The van der Waals surface area contributed by atoms with Gasteiger partial charge < -0.3 is 19.8 Å². The van der Waals surface area contributed by atoms with Crippen LogP contribution in [0, 0.1) is 5.82 Å². The number of H-pyrrole nitrogens is 1. The van der Waals surface area contributed by atoms with Crippen LogP contribution in [-0.2, 0) is 4.74 Å². The highest BCUT2D eigenvalue weighted by Gasteiger charge is 2.23. The summed E-state index contributed by atoms with van der Waals surface area (Å²) < 4.78 is 24.8. The Morgan fingerprint density at radius 3 is 2.63 bits per heavy atom. The predicted octanol–water partition coefficient (Wildman–Crippen LogP) is 4.12. The molecule has 1 amide bonds. The molecule has 1 aliphatic heterocycles. The van der Waals surface area contributed by atoms with Crippen molar-refractivity contribution in [3.05, 3.63) is 75.4 Å². The molecule has 4 rings (SSSR count). The van der Waals surface area contributed by atoms with Crippen LogP contribution < -0.4 is 10.1 Å². The molecule has 0 aliphatic carbocycles. The van der Waals surface area contributed by atoms with Crippen molar-refractivity contribution in [2.45, 2.75) is 6.10 Å². The van der Waals surface area contributed by atoms with Crippen LogP contribution >= 0.6 is 23.2 Å². The zero-order valence-electron chi connectivity index (χ0n) is 15.2. The Morgan fingerprint density at radius 2 is 1.97 bits per heavy atom. The summed E-state index contributed by atoms with van der Waals surface area (Å²) in [5.74, 6) is -1.69. The lowest BCUT2D eigenvalue weighted by Gasteiger charge is -2.26. The van der Waals surface area contributed by atoms with Gasteiger partial charge in [-0.3, -0.25) is 9.59 Å². The van der Waals surface area contributed by atoms with Gasteiger partial charge in [0.1, 0.15) is 11.8 Å². The molecule has 30 heavy (non-hydrogen) atoms. The third-order valence-corrected chi connectivity index (χ3v) is 4.96. The smallest absolute Gasteiger partial charge is 0.272 e. The zero-order chi connectivity index (χ0) is 21.3. The van der Waals surface area contributed by atoms with E-state index in [-0.39, 0.29) is 33.0 Å². The molecule has 1 aliphatic rings. The first-order chi connectivity index (χ1) is 14.4. The number of aromatic nitrogens is 2. The average molecular weight is 450 g/mol. The van der Waals surface area contributed by atoms with Gasteiger partial charge in [-0.2, -0.15) is 0 Å². The summed E-state index contributed by atoms with van der Waals surface area (Å²) in [6.45, 7) is 1.05. The number of pyridine rings is 1. The van der Waals surface area contributed by atoms with Gasteiger partial charge in [0.15, 0.2) is 11.6 Å². The van der Waals surface area contributed by atoms with Gasteiger partial charge in [-0.15, -0.1) is 0 Å². The second-order valence-corrected chi connectivity index (χ2v) is 7.28. The van der Waals surface area contributed by atoms with Crippen LogP contribution in [0.3, 0.4) is 0 Å². The van der Waals surface area contributed by atoms with E-state index >= 15 is 0 Å². The molecule has 154 valence electrons. The fraction of sp³-hybridized carbons (Fsp3) is 0.150. The van der Waals surface area contributed by atoms with Crippen LogP contribution in [0.15, 0.2) is 42.7 Å². The number of amides is 1. The number of nitrogens with one attached hydrogen (secondary N) is 2. The van der Waals surface area contributed by atoms with Crippen molar-refractivity contribution in [2.75, 3.05) is 18.5 Å². The van der Waals surface area contributed by atoms with Crippen molar-refractivity contribution in [3.8, 4) is 5.88 Å². The van der Waals surface area contributed by atoms with E-state index in [9.17, 15) is 14.0 Å². The monoisotopic (exact) mass is 449 g/mol. The summed E-state index contributed by atoms with van der Waals surface area (Å²) in [5.41, 5.74) is 0.243. The van der Waals surface area contributed by atoms with Gasteiger partial charge in [0.05, 0.1) is 40.7 Å². The van der Waals surface area contributed by atoms with Crippen LogP contribution in [0.1, 0.15) is 26.4 Å². The van der Waals surface area contributed by atoms with Crippen molar-refractivity contribution in [3.63, 3.8) is 0 Å². The Morgan fingerprint density at radius 1 is 1.20 bits per heavy atom. The fourth-order valence-electron chi connectivity index (χ4n) is 2.71. The first-order valence-electron chi connectivity index (χ1n) is 8.81. The van der Waals surface area contributed by atoms with Crippen molar-refractivity contribution in [1.29, 1.82) is 0 Å². The molecule has 7 nitrogen and oxygen atoms in total. The van der Waals surface area contributed by atoms with E-state index in [1.807, 2.05) is 0 Å². The molecule has 1 saturated heterocycles. The maximum atomic E-state index is 14.2. The summed E-state index contributed by atoms with van der Waals surface area (Å²) in [6, 6.07) is 7.16. The van der Waals surface area contributed by atoms with Crippen molar-refractivity contribution >= 4 is 40.6 Å². The van der Waals surface area contributed by atoms with Crippen LogP contribution in [0.25, 0.3) is 0 Å². The van der Waals surface area contributed by atoms with E-state index in [4.69, 9.17) is 32.7 Å². The molecular formula is C20H14Cl2FN3O4. The van der Waals surface area contributed by atoms with Crippen LogP contribution in [0.5, 0.6) is 5.88 Å². The Balaban J connectivity index is 1.45. The summed E-state index contributed by atoms with van der Waals surface area (Å²) >= 11 is 11.7. The number of anilines is 1. The molecule has 0 saturated carbocycles. The Bertz CT molecular complexity index is 1110. The van der Waals surface area contributed by atoms with E-state index in [0.29, 0.717) is 24.8 Å². The van der Waals surface area contributed by atoms with Gasteiger partial charge >= 0.3 is 0 Å². The lowest BCUT2D eigenvalue weighted by Crippen LogP contribution is -2.38. The SMILES string of the molecule is O=C(Nc1ccc(OC2COC2)nc1)c1cc(C(=O)c2c(Cl)ccc(Cl)c2F)c[nH]1. The van der Waals surface area contributed by atoms with E-state index < -0.39 is 17.5 Å². The van der Waals surface area contributed by atoms with Crippen molar-refractivity contribution < 1.29 is 23.5 Å². The molecule has 0 radical (unpaired) electrons. The number of carbonyl (C=O) groups is 2. The minimum atomic E-state index is -0.914. The largest absolute Gasteiger partial charge is 0.469 e. The molecule has 3 heterocycles. The molecule has 10 heteroatoms. The Kier molecular flexibility index (Phi) is 5.72. The van der Waals surface area contributed by atoms with Gasteiger partial charge in [0.2, 0.25) is 5.88 Å². The molecule has 0 atom stereocenters. The number of hydrogen-bond acceptors (Lipinski definition) is 5. The molecule has 1 fully saturated rings. The van der Waals surface area contributed by atoms with Crippen molar-refractivity contribution in [2.24, 2.45) is 0 Å². The number of benzene rings is 1. The molecule has 1 aromatic carbocycles. The summed E-state index contributed by atoms with van der Waals surface area (Å²) in [5, 5.41) is 2.35. The number of halogens is 3. The van der Waals surface area contributed by atoms with E-state index in [1.165, 1.54) is 30.6 Å². The van der Waals surface area contributed by atoms with Gasteiger partial charge in [0, 0.05) is 17.8 Å². The second-order valence-electron chi connectivity index (χ2n) is 6.47. The molecular weight excluding hydrogens is 436 g/mol. The first kappa shape index (κ1) is 20.3. The van der Waals surface area contributed by atoms with Crippen LogP contribution in [-0.4, -0.2) is 41.0 Å². The summed E-state index contributed by atoms with van der Waals surface area (Å²) in [4.78, 5) is 31.9. The van der Waals surface area contributed by atoms with Crippen LogP contribution in [0.2, 0.25) is 10.0 Å². The van der Waals surface area contributed by atoms with Gasteiger partial charge in [-0.1, -0.05) is 23.2 Å². The van der Waals surface area contributed by atoms with Gasteiger partial charge in [0.25, 0.3) is 5.91 Å². The highest BCUT2D eigenvalue weighted by molar-refractivity contribution is 6.37. The average Bonchev–Trinajstić information content (AvgIpc) is 3.19. The molecule has 2 aromatic heterocycles.